The van der Waals surface area contributed by atoms with Crippen molar-refractivity contribution in [2.24, 2.45) is 17.8 Å². The summed E-state index contributed by atoms with van der Waals surface area (Å²) in [4.78, 5) is 13.5. The number of rotatable bonds is 8. The summed E-state index contributed by atoms with van der Waals surface area (Å²) in [6, 6.07) is 1.76. The van der Waals surface area contributed by atoms with E-state index >= 15 is 0 Å². The minimum Gasteiger partial charge on any atom is -0.480 e. The van der Waals surface area contributed by atoms with Crippen LogP contribution in [-0.2, 0) is 16.1 Å². The predicted molar refractivity (Wildman–Crippen MR) is 130 cm³/mol. The fourth-order valence-corrected chi connectivity index (χ4v) is 5.30. The first-order valence-electron chi connectivity index (χ1n) is 12.7. The van der Waals surface area contributed by atoms with Gasteiger partial charge in [-0.2, -0.15) is 10.2 Å². The van der Waals surface area contributed by atoms with E-state index in [-0.39, 0.29) is 17.6 Å². The van der Waals surface area contributed by atoms with Crippen molar-refractivity contribution in [3.8, 4) is 5.88 Å². The zero-order valence-electron chi connectivity index (χ0n) is 20.9. The van der Waals surface area contributed by atoms with E-state index in [1.807, 2.05) is 27.0 Å². The molecule has 6 rings (SSSR count). The van der Waals surface area contributed by atoms with Gasteiger partial charge in [-0.1, -0.05) is 0 Å². The molecule has 9 heteroatoms. The van der Waals surface area contributed by atoms with E-state index in [0.29, 0.717) is 41.8 Å². The molecular weight excluding hydrogens is 444 g/mol. The molecule has 0 spiro atoms. The van der Waals surface area contributed by atoms with Crippen LogP contribution in [0.3, 0.4) is 0 Å². The molecule has 0 radical (unpaired) electrons. The van der Waals surface area contributed by atoms with Gasteiger partial charge in [0.1, 0.15) is 11.6 Å². The van der Waals surface area contributed by atoms with Crippen LogP contribution in [0.15, 0.2) is 29.9 Å². The smallest absolute Gasteiger partial charge is 0.247 e. The average Bonchev–Trinajstić information content (AvgIpc) is 3.66. The molecule has 186 valence electrons. The Balaban J connectivity index is 1.16. The van der Waals surface area contributed by atoms with Gasteiger partial charge in [0.15, 0.2) is 5.88 Å². The number of nitrogens with one attached hydrogen (secondary N) is 2. The number of carbonyl (C=O) groups is 1. The van der Waals surface area contributed by atoms with E-state index < -0.39 is 0 Å². The number of methoxy groups -OCH3 is 1. The fraction of sp³-hybridized carbons (Fsp3) is 0.615. The van der Waals surface area contributed by atoms with Crippen molar-refractivity contribution in [3.63, 3.8) is 0 Å². The van der Waals surface area contributed by atoms with Crippen molar-refractivity contribution >= 4 is 11.6 Å². The first kappa shape index (κ1) is 22.4. The molecule has 2 N–H and O–H groups in total. The maximum atomic E-state index is 13.5. The predicted octanol–water partition coefficient (Wildman–Crippen LogP) is 3.59. The minimum atomic E-state index is -0.306. The molecule has 2 aromatic heterocycles. The number of hydrogen-bond donors (Lipinski definition) is 2. The van der Waals surface area contributed by atoms with Crippen LogP contribution in [0.25, 0.3) is 0 Å². The maximum Gasteiger partial charge on any atom is 0.247 e. The van der Waals surface area contributed by atoms with Crippen LogP contribution in [0, 0.1) is 17.8 Å². The SMILES string of the molecule is COc1nnc(C2CC2)cc1Cn1cc(NC(=O)[C@H]2NC(OC(C)(C)C)=C3CC3C2C2CC2)cn1. The second kappa shape index (κ2) is 8.24. The highest BCUT2D eigenvalue weighted by atomic mass is 16.5. The number of nitrogens with zero attached hydrogens (tertiary/aromatic N) is 4. The van der Waals surface area contributed by atoms with E-state index in [1.165, 1.54) is 18.4 Å². The molecule has 2 aromatic rings. The van der Waals surface area contributed by atoms with E-state index in [0.717, 1.165) is 36.4 Å². The molecule has 3 atom stereocenters. The zero-order chi connectivity index (χ0) is 24.3. The van der Waals surface area contributed by atoms with Crippen LogP contribution < -0.4 is 15.4 Å². The summed E-state index contributed by atoms with van der Waals surface area (Å²) in [5.74, 6) is 3.21. The third kappa shape index (κ3) is 4.73. The molecule has 3 saturated carbocycles. The fourth-order valence-electron chi connectivity index (χ4n) is 5.30. The van der Waals surface area contributed by atoms with E-state index in [9.17, 15) is 4.79 Å². The molecule has 9 nitrogen and oxygen atoms in total. The summed E-state index contributed by atoms with van der Waals surface area (Å²) in [6.45, 7) is 6.61. The summed E-state index contributed by atoms with van der Waals surface area (Å²) >= 11 is 0. The third-order valence-electron chi connectivity index (χ3n) is 7.29. The standard InChI is InChI=1S/C26H34N6O3/c1-26(2,3)35-25-19-10-18(19)21(15-7-8-15)22(29-25)23(33)28-17-11-27-32(13-17)12-16-9-20(14-5-6-14)30-31-24(16)34-4/h9,11,13-15,18,21-22,29H,5-8,10,12H2,1-4H3,(H,28,33)/t18?,21?,22-/m0/s1. The Labute approximate surface area is 205 Å². The Hall–Kier alpha value is -3.10. The number of aromatic nitrogens is 4. The number of carbonyl (C=O) groups excluding carboxylic acids is 1. The average molecular weight is 479 g/mol. The Kier molecular flexibility index (Phi) is 5.27. The summed E-state index contributed by atoms with van der Waals surface area (Å²) in [7, 11) is 1.60. The van der Waals surface area contributed by atoms with Crippen LogP contribution in [0.1, 0.15) is 70.1 Å². The second-order valence-corrected chi connectivity index (χ2v) is 11.4. The molecule has 3 aliphatic carbocycles. The lowest BCUT2D eigenvalue weighted by Gasteiger charge is -2.34. The van der Waals surface area contributed by atoms with Gasteiger partial charge in [0.2, 0.25) is 11.8 Å². The lowest BCUT2D eigenvalue weighted by Crippen LogP contribution is -2.50. The third-order valence-corrected chi connectivity index (χ3v) is 7.29. The van der Waals surface area contributed by atoms with Crippen LogP contribution in [-0.4, -0.2) is 44.6 Å². The van der Waals surface area contributed by atoms with Crippen LogP contribution in [0.5, 0.6) is 5.88 Å². The largest absolute Gasteiger partial charge is 0.480 e. The van der Waals surface area contributed by atoms with Gasteiger partial charge in [0.05, 0.1) is 31.2 Å². The number of ether oxygens (including phenoxy) is 2. The molecule has 4 aliphatic rings. The summed E-state index contributed by atoms with van der Waals surface area (Å²) < 4.78 is 13.4. The number of allylic oxidation sites excluding steroid dienone is 1. The summed E-state index contributed by atoms with van der Waals surface area (Å²) in [6.07, 6.45) is 9.32. The molecule has 35 heavy (non-hydrogen) atoms. The van der Waals surface area contributed by atoms with Crippen molar-refractivity contribution in [1.82, 2.24) is 25.3 Å². The van der Waals surface area contributed by atoms with E-state index in [2.05, 4.69) is 32.0 Å². The number of fused-ring (bicyclic) bond motifs is 1. The molecule has 1 aliphatic heterocycles. The number of amides is 1. The molecule has 0 bridgehead atoms. The van der Waals surface area contributed by atoms with Crippen molar-refractivity contribution < 1.29 is 14.3 Å². The first-order valence-corrected chi connectivity index (χ1v) is 12.7. The molecule has 0 saturated heterocycles. The lowest BCUT2D eigenvalue weighted by molar-refractivity contribution is -0.120. The van der Waals surface area contributed by atoms with Gasteiger partial charge >= 0.3 is 0 Å². The first-order chi connectivity index (χ1) is 16.8. The number of anilines is 1. The molecule has 3 heterocycles. The highest BCUT2D eigenvalue weighted by molar-refractivity contribution is 5.95. The highest BCUT2D eigenvalue weighted by Gasteiger charge is 2.55. The number of hydrogen-bond acceptors (Lipinski definition) is 7. The lowest BCUT2D eigenvalue weighted by atomic mass is 9.86. The summed E-state index contributed by atoms with van der Waals surface area (Å²) in [5.41, 5.74) is 3.66. The Morgan fingerprint density at radius 1 is 1.23 bits per heavy atom. The van der Waals surface area contributed by atoms with Crippen molar-refractivity contribution in [3.05, 3.63) is 41.2 Å². The molecule has 0 aromatic carbocycles. The topological polar surface area (TPSA) is 103 Å². The van der Waals surface area contributed by atoms with Gasteiger partial charge in [-0.25, -0.2) is 0 Å². The molecule has 3 fully saturated rings. The van der Waals surface area contributed by atoms with Crippen molar-refractivity contribution in [2.45, 2.75) is 77.0 Å². The van der Waals surface area contributed by atoms with Crippen molar-refractivity contribution in [2.75, 3.05) is 12.4 Å². The van der Waals surface area contributed by atoms with Gasteiger partial charge in [-0.3, -0.25) is 9.48 Å². The quantitative estimate of drug-likeness (QED) is 0.598. The minimum absolute atomic E-state index is 0.0263. The van der Waals surface area contributed by atoms with Crippen LogP contribution in [0.4, 0.5) is 5.69 Å². The molecule has 2 unspecified atom stereocenters. The highest BCUT2D eigenvalue weighted by Crippen LogP contribution is 2.57. The monoisotopic (exact) mass is 478 g/mol. The van der Waals surface area contributed by atoms with Gasteiger partial charge in [0, 0.05) is 17.7 Å². The van der Waals surface area contributed by atoms with Crippen molar-refractivity contribution in [1.29, 1.82) is 0 Å². The van der Waals surface area contributed by atoms with E-state index in [4.69, 9.17) is 9.47 Å². The zero-order valence-corrected chi connectivity index (χ0v) is 20.9. The van der Waals surface area contributed by atoms with Crippen LogP contribution >= 0.6 is 0 Å². The van der Waals surface area contributed by atoms with Gasteiger partial charge < -0.3 is 20.1 Å². The molecular formula is C26H34N6O3. The Morgan fingerprint density at radius 3 is 2.71 bits per heavy atom. The van der Waals surface area contributed by atoms with Gasteiger partial charge in [0.25, 0.3) is 0 Å². The second-order valence-electron chi connectivity index (χ2n) is 11.4. The van der Waals surface area contributed by atoms with Gasteiger partial charge in [-0.05, 0) is 82.3 Å². The summed E-state index contributed by atoms with van der Waals surface area (Å²) in [5, 5.41) is 19.6. The Morgan fingerprint density at radius 2 is 2.03 bits per heavy atom. The van der Waals surface area contributed by atoms with Crippen LogP contribution in [0.2, 0.25) is 0 Å². The molecule has 1 amide bonds. The van der Waals surface area contributed by atoms with Gasteiger partial charge in [-0.15, -0.1) is 5.10 Å². The maximum absolute atomic E-state index is 13.5. The Bertz CT molecular complexity index is 1170. The normalized spacial score (nSPS) is 25.5. The van der Waals surface area contributed by atoms with E-state index in [1.54, 1.807) is 18.0 Å².